The van der Waals surface area contributed by atoms with Gasteiger partial charge in [0.25, 0.3) is 0 Å². The van der Waals surface area contributed by atoms with Crippen LogP contribution >= 0.6 is 45.9 Å². The Hall–Kier alpha value is -1.84. The first-order valence-electron chi connectivity index (χ1n) is 9.08. The molecule has 0 saturated carbocycles. The van der Waals surface area contributed by atoms with Crippen molar-refractivity contribution in [3.8, 4) is 0 Å². The molecule has 28 heavy (non-hydrogen) atoms. The summed E-state index contributed by atoms with van der Waals surface area (Å²) < 4.78 is 1.68. The van der Waals surface area contributed by atoms with Crippen molar-refractivity contribution in [3.63, 3.8) is 0 Å². The molecule has 0 N–H and O–H groups in total. The van der Waals surface area contributed by atoms with Crippen LogP contribution in [0.4, 0.5) is 0 Å². The second kappa shape index (κ2) is 7.53. The van der Waals surface area contributed by atoms with Gasteiger partial charge in [-0.05, 0) is 56.9 Å². The molecule has 0 aliphatic carbocycles. The molecule has 0 fully saturated rings. The summed E-state index contributed by atoms with van der Waals surface area (Å²) in [6.45, 7) is 0. The van der Waals surface area contributed by atoms with E-state index in [0.717, 1.165) is 21.5 Å². The summed E-state index contributed by atoms with van der Waals surface area (Å²) in [7, 11) is 0. The summed E-state index contributed by atoms with van der Waals surface area (Å²) in [5, 5.41) is 5.29. The number of halogens is 2. The highest BCUT2D eigenvalue weighted by molar-refractivity contribution is 7.16. The second-order valence-corrected chi connectivity index (χ2v) is 10.4. The van der Waals surface area contributed by atoms with Crippen molar-refractivity contribution in [2.75, 3.05) is 0 Å². The molecule has 5 rings (SSSR count). The summed E-state index contributed by atoms with van der Waals surface area (Å²) in [5.41, 5.74) is 2.75. The van der Waals surface area contributed by atoms with Gasteiger partial charge in [0.1, 0.15) is 0 Å². The second-order valence-electron chi connectivity index (χ2n) is 6.81. The first-order valence-corrected chi connectivity index (χ1v) is 11.5. The van der Waals surface area contributed by atoms with E-state index in [2.05, 4.69) is 60.7 Å². The summed E-state index contributed by atoms with van der Waals surface area (Å²) in [4.78, 5) is 2.58. The van der Waals surface area contributed by atoms with E-state index in [4.69, 9.17) is 23.2 Å². The van der Waals surface area contributed by atoms with Crippen molar-refractivity contribution in [2.45, 2.75) is 12.8 Å². The summed E-state index contributed by atoms with van der Waals surface area (Å²) in [6.07, 6.45) is 1.78. The highest BCUT2D eigenvalue weighted by Crippen LogP contribution is 2.37. The van der Waals surface area contributed by atoms with Gasteiger partial charge in [0.05, 0.1) is 8.67 Å². The van der Waals surface area contributed by atoms with Crippen LogP contribution in [0.5, 0.6) is 0 Å². The van der Waals surface area contributed by atoms with E-state index >= 15 is 0 Å². The van der Waals surface area contributed by atoms with Gasteiger partial charge in [-0.1, -0.05) is 71.7 Å². The molecular weight excluding hydrogens is 423 g/mol. The van der Waals surface area contributed by atoms with Crippen molar-refractivity contribution in [1.29, 1.82) is 0 Å². The zero-order valence-electron chi connectivity index (χ0n) is 14.9. The average Bonchev–Trinajstić information content (AvgIpc) is 3.32. The number of rotatable bonds is 4. The molecule has 0 bridgehead atoms. The molecular formula is C24H16Cl2S2. The normalized spacial score (nSPS) is 11.5. The van der Waals surface area contributed by atoms with Gasteiger partial charge in [-0.3, -0.25) is 0 Å². The minimum absolute atomic E-state index is 0.842. The van der Waals surface area contributed by atoms with Crippen LogP contribution in [-0.4, -0.2) is 0 Å². The molecule has 0 saturated heterocycles. The van der Waals surface area contributed by atoms with Crippen LogP contribution < -0.4 is 0 Å². The van der Waals surface area contributed by atoms with E-state index in [-0.39, 0.29) is 0 Å². The Morgan fingerprint density at radius 1 is 0.500 bits per heavy atom. The molecule has 0 nitrogen and oxygen atoms in total. The molecule has 0 aliphatic heterocycles. The summed E-state index contributed by atoms with van der Waals surface area (Å²) in [6, 6.07) is 25.8. The molecule has 2 aromatic heterocycles. The van der Waals surface area contributed by atoms with Gasteiger partial charge in [0.2, 0.25) is 0 Å². The fourth-order valence-electron chi connectivity index (χ4n) is 3.93. The molecule has 4 heteroatoms. The van der Waals surface area contributed by atoms with Gasteiger partial charge < -0.3 is 0 Å². The van der Waals surface area contributed by atoms with E-state index in [0.29, 0.717) is 0 Å². The Morgan fingerprint density at radius 2 is 0.857 bits per heavy atom. The van der Waals surface area contributed by atoms with E-state index in [1.165, 1.54) is 42.4 Å². The van der Waals surface area contributed by atoms with Crippen molar-refractivity contribution < 1.29 is 0 Å². The smallest absolute Gasteiger partial charge is 0.0931 e. The molecule has 0 spiro atoms. The number of thiophene rings is 2. The molecule has 5 aromatic rings. The lowest BCUT2D eigenvalue weighted by molar-refractivity contribution is 1.26. The van der Waals surface area contributed by atoms with Crippen LogP contribution in [0, 0.1) is 0 Å². The fraction of sp³-hybridized carbons (Fsp3) is 0.0833. The summed E-state index contributed by atoms with van der Waals surface area (Å²) in [5.74, 6) is 0. The molecule has 138 valence electrons. The monoisotopic (exact) mass is 438 g/mol. The Kier molecular flexibility index (Phi) is 4.90. The summed E-state index contributed by atoms with van der Waals surface area (Å²) >= 11 is 15.7. The van der Waals surface area contributed by atoms with Crippen LogP contribution in [0.3, 0.4) is 0 Å². The van der Waals surface area contributed by atoms with E-state index < -0.39 is 0 Å². The lowest BCUT2D eigenvalue weighted by Crippen LogP contribution is -1.96. The molecule has 2 heterocycles. The predicted octanol–water partition coefficient (Wildman–Crippen LogP) is 8.60. The van der Waals surface area contributed by atoms with Crippen LogP contribution in [0.15, 0.2) is 72.8 Å². The highest BCUT2D eigenvalue weighted by Gasteiger charge is 2.15. The van der Waals surface area contributed by atoms with E-state index in [1.54, 1.807) is 22.7 Å². The lowest BCUT2D eigenvalue weighted by Gasteiger charge is -2.16. The van der Waals surface area contributed by atoms with Gasteiger partial charge in [-0.15, -0.1) is 22.7 Å². The third-order valence-electron chi connectivity index (χ3n) is 5.11. The Bertz CT molecular complexity index is 1140. The minimum Gasteiger partial charge on any atom is -0.128 e. The fourth-order valence-corrected chi connectivity index (χ4v) is 6.13. The van der Waals surface area contributed by atoms with Crippen LogP contribution in [0.2, 0.25) is 8.67 Å². The highest BCUT2D eigenvalue weighted by atomic mass is 35.5. The minimum atomic E-state index is 0.842. The molecule has 0 unspecified atom stereocenters. The molecule has 0 atom stereocenters. The number of benzene rings is 3. The quantitative estimate of drug-likeness (QED) is 0.246. The standard InChI is InChI=1S/C24H16Cl2S2/c25-23-11-9-15(27-23)13-21-17-5-1-2-6-18(17)22(14-16-10-12-24(26)28-16)20-8-4-3-7-19(20)21/h1-12H,13-14H2. The van der Waals surface area contributed by atoms with Gasteiger partial charge in [0.15, 0.2) is 0 Å². The maximum atomic E-state index is 6.19. The van der Waals surface area contributed by atoms with Gasteiger partial charge in [-0.2, -0.15) is 0 Å². The number of fused-ring (bicyclic) bond motifs is 2. The molecule has 3 aromatic carbocycles. The van der Waals surface area contributed by atoms with Crippen molar-refractivity contribution >= 4 is 67.4 Å². The average molecular weight is 439 g/mol. The number of hydrogen-bond donors (Lipinski definition) is 0. The third kappa shape index (κ3) is 3.35. The van der Waals surface area contributed by atoms with Crippen molar-refractivity contribution in [3.05, 3.63) is 102 Å². The zero-order valence-corrected chi connectivity index (χ0v) is 18.1. The predicted molar refractivity (Wildman–Crippen MR) is 126 cm³/mol. The first-order chi connectivity index (χ1) is 13.7. The Balaban J connectivity index is 1.77. The Labute approximate surface area is 182 Å². The zero-order chi connectivity index (χ0) is 19.1. The Morgan fingerprint density at radius 3 is 1.14 bits per heavy atom. The lowest BCUT2D eigenvalue weighted by atomic mass is 9.88. The SMILES string of the molecule is Clc1ccc(Cc2c3ccccc3c(Cc3ccc(Cl)s3)c3ccccc23)s1. The van der Waals surface area contributed by atoms with Crippen molar-refractivity contribution in [2.24, 2.45) is 0 Å². The van der Waals surface area contributed by atoms with Gasteiger partial charge >= 0.3 is 0 Å². The topological polar surface area (TPSA) is 0 Å². The molecule has 0 radical (unpaired) electrons. The largest absolute Gasteiger partial charge is 0.128 e. The first kappa shape index (κ1) is 18.2. The maximum Gasteiger partial charge on any atom is 0.0931 e. The number of hydrogen-bond acceptors (Lipinski definition) is 2. The van der Waals surface area contributed by atoms with Gasteiger partial charge in [-0.25, -0.2) is 0 Å². The van der Waals surface area contributed by atoms with Crippen molar-refractivity contribution in [1.82, 2.24) is 0 Å². The van der Waals surface area contributed by atoms with E-state index in [1.807, 2.05) is 12.1 Å². The molecule has 0 aliphatic rings. The van der Waals surface area contributed by atoms with Gasteiger partial charge in [0, 0.05) is 22.6 Å². The van der Waals surface area contributed by atoms with E-state index in [9.17, 15) is 0 Å². The molecule has 0 amide bonds. The van der Waals surface area contributed by atoms with Crippen LogP contribution in [0.25, 0.3) is 21.5 Å². The third-order valence-corrected chi connectivity index (χ3v) is 7.58. The maximum absolute atomic E-state index is 6.19. The van der Waals surface area contributed by atoms with Crippen LogP contribution in [-0.2, 0) is 12.8 Å². The van der Waals surface area contributed by atoms with Crippen LogP contribution in [0.1, 0.15) is 20.9 Å².